The van der Waals surface area contributed by atoms with Gasteiger partial charge in [-0.25, -0.2) is 0 Å². The van der Waals surface area contributed by atoms with Crippen LogP contribution in [0.5, 0.6) is 0 Å². The van der Waals surface area contributed by atoms with Crippen molar-refractivity contribution >= 4 is 11.6 Å². The van der Waals surface area contributed by atoms with Crippen molar-refractivity contribution in [3.8, 4) is 11.5 Å². The van der Waals surface area contributed by atoms with Crippen LogP contribution >= 0.6 is 11.6 Å². The standard InChI is InChI=1S/C9H9ClN2O/c1-6-5-7(11-12(6)2)8-3-4-9(10)13-8/h3-5H,1-2H3. The first kappa shape index (κ1) is 8.38. The second-order valence-corrected chi connectivity index (χ2v) is 3.27. The topological polar surface area (TPSA) is 31.0 Å². The second-order valence-electron chi connectivity index (χ2n) is 2.90. The lowest BCUT2D eigenvalue weighted by Crippen LogP contribution is -1.91. The van der Waals surface area contributed by atoms with E-state index in [0.29, 0.717) is 11.0 Å². The zero-order valence-corrected chi connectivity index (χ0v) is 8.17. The van der Waals surface area contributed by atoms with E-state index in [1.54, 1.807) is 10.7 Å². The van der Waals surface area contributed by atoms with Crippen molar-refractivity contribution < 1.29 is 4.42 Å². The molecule has 3 nitrogen and oxygen atoms in total. The molecule has 4 heteroatoms. The first-order valence-electron chi connectivity index (χ1n) is 3.93. The van der Waals surface area contributed by atoms with Gasteiger partial charge >= 0.3 is 0 Å². The smallest absolute Gasteiger partial charge is 0.194 e. The fourth-order valence-electron chi connectivity index (χ4n) is 1.13. The lowest BCUT2D eigenvalue weighted by Gasteiger charge is -1.89. The summed E-state index contributed by atoms with van der Waals surface area (Å²) in [4.78, 5) is 0. The van der Waals surface area contributed by atoms with Crippen molar-refractivity contribution in [2.24, 2.45) is 7.05 Å². The monoisotopic (exact) mass is 196 g/mol. The van der Waals surface area contributed by atoms with E-state index in [1.165, 1.54) is 0 Å². The van der Waals surface area contributed by atoms with Gasteiger partial charge in [-0.15, -0.1) is 0 Å². The number of hydrogen-bond acceptors (Lipinski definition) is 2. The fraction of sp³-hybridized carbons (Fsp3) is 0.222. The molecule has 68 valence electrons. The van der Waals surface area contributed by atoms with Crippen molar-refractivity contribution in [1.82, 2.24) is 9.78 Å². The molecule has 0 radical (unpaired) electrons. The summed E-state index contributed by atoms with van der Waals surface area (Å²) in [7, 11) is 1.89. The minimum absolute atomic E-state index is 0.387. The second kappa shape index (κ2) is 2.92. The maximum atomic E-state index is 5.66. The molecule has 2 aromatic heterocycles. The molecule has 0 amide bonds. The van der Waals surface area contributed by atoms with Gasteiger partial charge in [0, 0.05) is 12.7 Å². The molecule has 0 atom stereocenters. The minimum atomic E-state index is 0.387. The predicted molar refractivity (Wildman–Crippen MR) is 50.7 cm³/mol. The average molecular weight is 197 g/mol. The molecular formula is C9H9ClN2O. The van der Waals surface area contributed by atoms with Crippen LogP contribution in [0, 0.1) is 6.92 Å². The van der Waals surface area contributed by atoms with Gasteiger partial charge in [-0.3, -0.25) is 4.68 Å². The maximum absolute atomic E-state index is 5.66. The number of hydrogen-bond donors (Lipinski definition) is 0. The number of aromatic nitrogens is 2. The zero-order valence-electron chi connectivity index (χ0n) is 7.41. The third-order valence-electron chi connectivity index (χ3n) is 1.94. The number of nitrogens with zero attached hydrogens (tertiary/aromatic N) is 2. The largest absolute Gasteiger partial charge is 0.443 e. The quantitative estimate of drug-likeness (QED) is 0.702. The van der Waals surface area contributed by atoms with Crippen molar-refractivity contribution in [2.45, 2.75) is 6.92 Å². The molecule has 0 aromatic carbocycles. The van der Waals surface area contributed by atoms with Gasteiger partial charge in [0.25, 0.3) is 0 Å². The highest BCUT2D eigenvalue weighted by Crippen LogP contribution is 2.23. The Bertz CT molecular complexity index is 411. The number of aryl methyl sites for hydroxylation is 2. The van der Waals surface area contributed by atoms with Crippen LogP contribution in [-0.2, 0) is 7.05 Å². The lowest BCUT2D eigenvalue weighted by atomic mass is 10.3. The SMILES string of the molecule is Cc1cc(-c2ccc(Cl)o2)nn1C. The molecule has 0 N–H and O–H groups in total. The number of rotatable bonds is 1. The summed E-state index contributed by atoms with van der Waals surface area (Å²) < 4.78 is 7.02. The summed E-state index contributed by atoms with van der Waals surface area (Å²) in [6.45, 7) is 1.99. The van der Waals surface area contributed by atoms with Crippen molar-refractivity contribution in [3.05, 3.63) is 29.1 Å². The van der Waals surface area contributed by atoms with Gasteiger partial charge in [-0.2, -0.15) is 5.10 Å². The Kier molecular flexibility index (Phi) is 1.88. The summed E-state index contributed by atoms with van der Waals surface area (Å²) in [6, 6.07) is 5.47. The van der Waals surface area contributed by atoms with Gasteiger partial charge in [0.2, 0.25) is 0 Å². The van der Waals surface area contributed by atoms with Crippen LogP contribution in [-0.4, -0.2) is 9.78 Å². The van der Waals surface area contributed by atoms with Crippen LogP contribution in [0.15, 0.2) is 22.6 Å². The van der Waals surface area contributed by atoms with Gasteiger partial charge in [0.15, 0.2) is 11.0 Å². The van der Waals surface area contributed by atoms with Crippen molar-refractivity contribution in [3.63, 3.8) is 0 Å². The van der Waals surface area contributed by atoms with Gasteiger partial charge in [0.05, 0.1) is 0 Å². The van der Waals surface area contributed by atoms with E-state index in [-0.39, 0.29) is 0 Å². The zero-order chi connectivity index (χ0) is 9.42. The molecule has 0 fully saturated rings. The van der Waals surface area contributed by atoms with Gasteiger partial charge in [-0.05, 0) is 36.7 Å². The molecule has 2 heterocycles. The molecular weight excluding hydrogens is 188 g/mol. The summed E-state index contributed by atoms with van der Waals surface area (Å²) in [5, 5.41) is 4.65. The molecule has 0 bridgehead atoms. The number of halogens is 1. The van der Waals surface area contributed by atoms with Gasteiger partial charge in [-0.1, -0.05) is 0 Å². The Morgan fingerprint density at radius 3 is 2.69 bits per heavy atom. The lowest BCUT2D eigenvalue weighted by molar-refractivity contribution is 0.580. The van der Waals surface area contributed by atoms with Crippen molar-refractivity contribution in [2.75, 3.05) is 0 Å². The molecule has 0 aliphatic heterocycles. The first-order chi connectivity index (χ1) is 6.16. The van der Waals surface area contributed by atoms with Crippen LogP contribution in [0.25, 0.3) is 11.5 Å². The average Bonchev–Trinajstić information content (AvgIpc) is 2.61. The van der Waals surface area contributed by atoms with E-state index < -0.39 is 0 Å². The van der Waals surface area contributed by atoms with E-state index in [9.17, 15) is 0 Å². The molecule has 13 heavy (non-hydrogen) atoms. The highest BCUT2D eigenvalue weighted by molar-refractivity contribution is 6.28. The molecule has 2 rings (SSSR count). The number of furan rings is 1. The molecule has 0 unspecified atom stereocenters. The van der Waals surface area contributed by atoms with E-state index >= 15 is 0 Å². The highest BCUT2D eigenvalue weighted by atomic mass is 35.5. The van der Waals surface area contributed by atoms with E-state index in [1.807, 2.05) is 26.1 Å². The van der Waals surface area contributed by atoms with Crippen LogP contribution in [0.2, 0.25) is 5.22 Å². The van der Waals surface area contributed by atoms with Gasteiger partial charge in [0.1, 0.15) is 5.69 Å². The Hall–Kier alpha value is -1.22. The summed E-state index contributed by atoms with van der Waals surface area (Å²) in [6.07, 6.45) is 0. The molecule has 0 aliphatic rings. The highest BCUT2D eigenvalue weighted by Gasteiger charge is 2.07. The predicted octanol–water partition coefficient (Wildman–Crippen LogP) is 2.64. The maximum Gasteiger partial charge on any atom is 0.194 e. The molecule has 0 saturated carbocycles. The Morgan fingerprint density at radius 1 is 1.46 bits per heavy atom. The Morgan fingerprint density at radius 2 is 2.23 bits per heavy atom. The third kappa shape index (κ3) is 1.47. The summed E-state index contributed by atoms with van der Waals surface area (Å²) >= 11 is 5.66. The molecule has 0 aliphatic carbocycles. The van der Waals surface area contributed by atoms with Crippen LogP contribution in [0.1, 0.15) is 5.69 Å². The fourth-order valence-corrected chi connectivity index (χ4v) is 1.28. The molecule has 2 aromatic rings. The van der Waals surface area contributed by atoms with Crippen LogP contribution in [0.4, 0.5) is 0 Å². The third-order valence-corrected chi connectivity index (χ3v) is 2.14. The first-order valence-corrected chi connectivity index (χ1v) is 4.31. The van der Waals surface area contributed by atoms with Crippen LogP contribution < -0.4 is 0 Å². The molecule has 0 spiro atoms. The van der Waals surface area contributed by atoms with E-state index in [2.05, 4.69) is 5.10 Å². The van der Waals surface area contributed by atoms with Crippen molar-refractivity contribution in [1.29, 1.82) is 0 Å². The minimum Gasteiger partial charge on any atom is -0.443 e. The van der Waals surface area contributed by atoms with E-state index in [0.717, 1.165) is 11.4 Å². The van der Waals surface area contributed by atoms with Gasteiger partial charge < -0.3 is 4.42 Å². The van der Waals surface area contributed by atoms with Crippen LogP contribution in [0.3, 0.4) is 0 Å². The summed E-state index contributed by atoms with van der Waals surface area (Å²) in [5.74, 6) is 0.703. The Labute approximate surface area is 80.9 Å². The van der Waals surface area contributed by atoms with E-state index in [4.69, 9.17) is 16.0 Å². The summed E-state index contributed by atoms with van der Waals surface area (Å²) in [5.41, 5.74) is 1.90. The Balaban J connectivity index is 2.46. The normalized spacial score (nSPS) is 10.7. The molecule has 0 saturated heterocycles.